The molecular formula is C19H29ClN2O4. The molecule has 6 nitrogen and oxygen atoms in total. The average Bonchev–Trinajstić information content (AvgIpc) is 2.51. The number of benzene rings is 1. The second-order valence-electron chi connectivity index (χ2n) is 7.36. The van der Waals surface area contributed by atoms with Gasteiger partial charge in [-0.1, -0.05) is 11.6 Å². The molecule has 0 fully saturated rings. The first kappa shape index (κ1) is 22.3. The van der Waals surface area contributed by atoms with E-state index in [9.17, 15) is 9.59 Å². The van der Waals surface area contributed by atoms with Crippen molar-refractivity contribution < 1.29 is 19.1 Å². The molecule has 0 bridgehead atoms. The number of ether oxygens (including phenoxy) is 2. The quantitative estimate of drug-likeness (QED) is 0.645. The molecule has 0 aliphatic heterocycles. The number of likely N-dealkylation sites (N-methyl/N-ethyl adjacent to an activating group) is 1. The fourth-order valence-electron chi connectivity index (χ4n) is 2.14. The van der Waals surface area contributed by atoms with E-state index in [0.29, 0.717) is 23.9 Å². The van der Waals surface area contributed by atoms with Crippen LogP contribution in [-0.4, -0.2) is 67.1 Å². The molecule has 1 unspecified atom stereocenters. The van der Waals surface area contributed by atoms with Gasteiger partial charge in [-0.3, -0.25) is 9.59 Å². The van der Waals surface area contributed by atoms with E-state index in [1.54, 1.807) is 52.0 Å². The van der Waals surface area contributed by atoms with Crippen LogP contribution in [0.3, 0.4) is 0 Å². The maximum Gasteiger partial charge on any atom is 0.326 e. The summed E-state index contributed by atoms with van der Waals surface area (Å²) in [6, 6.07) is 6.78. The smallest absolute Gasteiger partial charge is 0.326 e. The first-order valence-electron chi connectivity index (χ1n) is 8.55. The molecule has 1 atom stereocenters. The Morgan fingerprint density at radius 3 is 2.19 bits per heavy atom. The van der Waals surface area contributed by atoms with Gasteiger partial charge in [0.25, 0.3) is 5.91 Å². The maximum atomic E-state index is 12.8. The van der Waals surface area contributed by atoms with Crippen molar-refractivity contribution in [3.63, 3.8) is 0 Å². The number of nitrogens with zero attached hydrogens (tertiary/aromatic N) is 2. The highest BCUT2D eigenvalue weighted by molar-refractivity contribution is 6.30. The topological polar surface area (TPSA) is 59.1 Å². The van der Waals surface area contributed by atoms with Gasteiger partial charge in [0.15, 0.2) is 6.10 Å². The van der Waals surface area contributed by atoms with Crippen molar-refractivity contribution in [2.45, 2.75) is 39.4 Å². The molecule has 0 aliphatic carbocycles. The van der Waals surface area contributed by atoms with Gasteiger partial charge in [0.05, 0.1) is 0 Å². The number of rotatable bonds is 8. The van der Waals surface area contributed by atoms with Crippen molar-refractivity contribution in [2.75, 3.05) is 33.7 Å². The van der Waals surface area contributed by atoms with Crippen LogP contribution in [0.25, 0.3) is 0 Å². The number of carbonyl (C=O) groups is 2. The summed E-state index contributed by atoms with van der Waals surface area (Å²) in [6.45, 7) is 7.96. The monoisotopic (exact) mass is 384 g/mol. The van der Waals surface area contributed by atoms with Crippen molar-refractivity contribution in [3.05, 3.63) is 29.3 Å². The molecule has 0 saturated heterocycles. The van der Waals surface area contributed by atoms with Gasteiger partial charge in [-0.2, -0.15) is 0 Å². The van der Waals surface area contributed by atoms with E-state index >= 15 is 0 Å². The van der Waals surface area contributed by atoms with E-state index < -0.39 is 17.7 Å². The van der Waals surface area contributed by atoms with Crippen molar-refractivity contribution in [3.8, 4) is 5.75 Å². The molecule has 1 rings (SSSR count). The zero-order chi connectivity index (χ0) is 19.9. The van der Waals surface area contributed by atoms with Gasteiger partial charge >= 0.3 is 5.97 Å². The van der Waals surface area contributed by atoms with Crippen LogP contribution in [0.2, 0.25) is 5.02 Å². The van der Waals surface area contributed by atoms with Crippen LogP contribution in [-0.2, 0) is 14.3 Å². The summed E-state index contributed by atoms with van der Waals surface area (Å²) in [6.07, 6.45) is -0.735. The number of hydrogen-bond donors (Lipinski definition) is 0. The number of hydrogen-bond acceptors (Lipinski definition) is 5. The average molecular weight is 385 g/mol. The Bertz CT molecular complexity index is 597. The zero-order valence-corrected chi connectivity index (χ0v) is 17.2. The largest absolute Gasteiger partial charge is 0.481 e. The third-order valence-corrected chi connectivity index (χ3v) is 3.60. The van der Waals surface area contributed by atoms with Crippen LogP contribution in [0.1, 0.15) is 27.7 Å². The van der Waals surface area contributed by atoms with Crippen molar-refractivity contribution in [2.24, 2.45) is 0 Å². The second-order valence-corrected chi connectivity index (χ2v) is 7.80. The summed E-state index contributed by atoms with van der Waals surface area (Å²) >= 11 is 5.86. The molecule has 146 valence electrons. The van der Waals surface area contributed by atoms with Crippen LogP contribution in [0.4, 0.5) is 0 Å². The fraction of sp³-hybridized carbons (Fsp3) is 0.579. The first-order valence-corrected chi connectivity index (χ1v) is 8.93. The summed E-state index contributed by atoms with van der Waals surface area (Å²) in [7, 11) is 3.81. The second kappa shape index (κ2) is 9.78. The molecule has 0 N–H and O–H groups in total. The molecule has 0 aliphatic rings. The summed E-state index contributed by atoms with van der Waals surface area (Å²) in [5.41, 5.74) is -0.598. The number of halogens is 1. The lowest BCUT2D eigenvalue weighted by Crippen LogP contribution is -2.46. The first-order chi connectivity index (χ1) is 12.0. The molecule has 7 heteroatoms. The van der Waals surface area contributed by atoms with Gasteiger partial charge in [-0.25, -0.2) is 0 Å². The Kier molecular flexibility index (Phi) is 8.37. The van der Waals surface area contributed by atoms with Crippen LogP contribution < -0.4 is 4.74 Å². The SMILES string of the molecule is CC(Oc1ccc(Cl)cc1)C(=O)N(CCN(C)C)CC(=O)OC(C)(C)C. The van der Waals surface area contributed by atoms with Gasteiger partial charge < -0.3 is 19.3 Å². The van der Waals surface area contributed by atoms with E-state index in [1.807, 2.05) is 19.0 Å². The van der Waals surface area contributed by atoms with Crippen LogP contribution in [0.15, 0.2) is 24.3 Å². The lowest BCUT2D eigenvalue weighted by molar-refractivity contribution is -0.160. The Morgan fingerprint density at radius 2 is 1.69 bits per heavy atom. The highest BCUT2D eigenvalue weighted by atomic mass is 35.5. The standard InChI is InChI=1S/C19H29ClN2O4/c1-14(25-16-9-7-15(20)8-10-16)18(24)22(12-11-21(5)6)13-17(23)26-19(2,3)4/h7-10,14H,11-13H2,1-6H3. The van der Waals surface area contributed by atoms with Crippen molar-refractivity contribution in [1.29, 1.82) is 0 Å². The minimum absolute atomic E-state index is 0.113. The van der Waals surface area contributed by atoms with E-state index in [-0.39, 0.29) is 12.5 Å². The van der Waals surface area contributed by atoms with Gasteiger partial charge in [0.1, 0.15) is 17.9 Å². The Morgan fingerprint density at radius 1 is 1.12 bits per heavy atom. The summed E-state index contributed by atoms with van der Waals surface area (Å²) < 4.78 is 11.0. The molecule has 1 aromatic rings. The van der Waals surface area contributed by atoms with E-state index in [2.05, 4.69) is 0 Å². The van der Waals surface area contributed by atoms with Gasteiger partial charge in [-0.15, -0.1) is 0 Å². The summed E-state index contributed by atoms with van der Waals surface area (Å²) in [5, 5.41) is 0.592. The molecule has 0 heterocycles. The molecule has 0 radical (unpaired) electrons. The van der Waals surface area contributed by atoms with Crippen LogP contribution in [0, 0.1) is 0 Å². The van der Waals surface area contributed by atoms with Crippen LogP contribution >= 0.6 is 11.6 Å². The molecule has 1 aromatic carbocycles. The maximum absolute atomic E-state index is 12.8. The minimum Gasteiger partial charge on any atom is -0.481 e. The molecule has 26 heavy (non-hydrogen) atoms. The fourth-order valence-corrected chi connectivity index (χ4v) is 2.27. The van der Waals surface area contributed by atoms with Gasteiger partial charge in [0, 0.05) is 18.1 Å². The molecule has 0 saturated carbocycles. The highest BCUT2D eigenvalue weighted by Crippen LogP contribution is 2.17. The normalized spacial score (nSPS) is 12.6. The summed E-state index contributed by atoms with van der Waals surface area (Å²) in [4.78, 5) is 28.3. The predicted molar refractivity (Wildman–Crippen MR) is 103 cm³/mol. The third-order valence-electron chi connectivity index (χ3n) is 3.34. The minimum atomic E-state index is -0.735. The number of esters is 1. The molecule has 1 amide bonds. The van der Waals surface area contributed by atoms with Crippen molar-refractivity contribution in [1.82, 2.24) is 9.80 Å². The number of carbonyl (C=O) groups excluding carboxylic acids is 2. The lowest BCUT2D eigenvalue weighted by atomic mass is 10.2. The predicted octanol–water partition coefficient (Wildman–Crippen LogP) is 2.84. The molecule has 0 aromatic heterocycles. The van der Waals surface area contributed by atoms with Gasteiger partial charge in [-0.05, 0) is 66.1 Å². The van der Waals surface area contributed by atoms with E-state index in [4.69, 9.17) is 21.1 Å². The third kappa shape index (κ3) is 8.54. The zero-order valence-electron chi connectivity index (χ0n) is 16.4. The Hall–Kier alpha value is -1.79. The van der Waals surface area contributed by atoms with Crippen molar-refractivity contribution >= 4 is 23.5 Å². The lowest BCUT2D eigenvalue weighted by Gasteiger charge is -2.28. The Labute approximate surface area is 161 Å². The number of amides is 1. The van der Waals surface area contributed by atoms with Gasteiger partial charge in [0.2, 0.25) is 0 Å². The summed E-state index contributed by atoms with van der Waals surface area (Å²) in [5.74, 6) is -0.170. The Balaban J connectivity index is 2.77. The van der Waals surface area contributed by atoms with E-state index in [1.165, 1.54) is 4.90 Å². The van der Waals surface area contributed by atoms with E-state index in [0.717, 1.165) is 0 Å². The van der Waals surface area contributed by atoms with Crippen LogP contribution in [0.5, 0.6) is 5.75 Å². The highest BCUT2D eigenvalue weighted by Gasteiger charge is 2.26. The molecular weight excluding hydrogens is 356 g/mol. The molecule has 0 spiro atoms.